The highest BCUT2D eigenvalue weighted by atomic mass is 35.5. The summed E-state index contributed by atoms with van der Waals surface area (Å²) >= 11 is 18.4. The zero-order valence-corrected chi connectivity index (χ0v) is 36.7. The van der Waals surface area contributed by atoms with Crippen LogP contribution < -0.4 is 20.9 Å². The number of hydrogen-bond acceptors (Lipinski definition) is 8. The van der Waals surface area contributed by atoms with Crippen molar-refractivity contribution in [1.82, 2.24) is 25.9 Å². The molecule has 0 spiro atoms. The molecular formula is C48H53Cl3N6O2. The summed E-state index contributed by atoms with van der Waals surface area (Å²) in [5, 5.41) is 11.3. The number of carbonyl (C=O) groups is 2. The van der Waals surface area contributed by atoms with Crippen molar-refractivity contribution in [3.05, 3.63) is 193 Å². The molecule has 8 nitrogen and oxygen atoms in total. The van der Waals surface area contributed by atoms with E-state index in [2.05, 4.69) is 64.0 Å². The van der Waals surface area contributed by atoms with Gasteiger partial charge in [-0.3, -0.25) is 9.59 Å². The van der Waals surface area contributed by atoms with Crippen LogP contribution in [0.4, 0.5) is 5.82 Å². The Balaban J connectivity index is 0.000000245. The Kier molecular flexibility index (Phi) is 19.2. The van der Waals surface area contributed by atoms with Gasteiger partial charge in [-0.15, -0.1) is 0 Å². The van der Waals surface area contributed by atoms with Crippen LogP contribution in [0.5, 0.6) is 0 Å². The van der Waals surface area contributed by atoms with Gasteiger partial charge < -0.3 is 20.9 Å². The third kappa shape index (κ3) is 15.3. The largest absolute Gasteiger partial charge is 0.363 e. The second-order valence-corrected chi connectivity index (χ2v) is 15.4. The number of nitrogens with zero attached hydrogens (tertiary/aromatic N) is 3. The second kappa shape index (κ2) is 24.2. The zero-order valence-electron chi connectivity index (χ0n) is 34.5. The number of benzene rings is 4. The molecule has 6 aromatic rings. The monoisotopic (exact) mass is 850 g/mol. The lowest BCUT2D eigenvalue weighted by Gasteiger charge is -2.15. The number of anilines is 1. The Morgan fingerprint density at radius 3 is 1.39 bits per heavy atom. The van der Waals surface area contributed by atoms with Crippen molar-refractivity contribution in [3.63, 3.8) is 0 Å². The molecule has 0 amide bonds. The molecule has 4 aromatic carbocycles. The minimum Gasteiger partial charge on any atom is -0.363 e. The second-order valence-electron chi connectivity index (χ2n) is 14.2. The van der Waals surface area contributed by atoms with Crippen LogP contribution in [0.3, 0.4) is 0 Å². The minimum absolute atomic E-state index is 0.00692. The first-order valence-electron chi connectivity index (χ1n) is 19.4. The summed E-state index contributed by atoms with van der Waals surface area (Å²) in [4.78, 5) is 35.3. The van der Waals surface area contributed by atoms with E-state index in [9.17, 15) is 9.59 Å². The quantitative estimate of drug-likeness (QED) is 0.0694. The maximum atomic E-state index is 12.7. The molecule has 2 atom stereocenters. The minimum atomic E-state index is -0.0381. The number of carbonyl (C=O) groups excluding carboxylic acids is 2. The number of aromatic nitrogens is 2. The predicted molar refractivity (Wildman–Crippen MR) is 245 cm³/mol. The Morgan fingerprint density at radius 2 is 1.02 bits per heavy atom. The van der Waals surface area contributed by atoms with E-state index in [0.29, 0.717) is 39.4 Å². The van der Waals surface area contributed by atoms with E-state index in [-0.39, 0.29) is 36.5 Å². The molecule has 0 radical (unpaired) electrons. The number of pyridine rings is 2. The van der Waals surface area contributed by atoms with Gasteiger partial charge in [0, 0.05) is 85.7 Å². The first-order valence-corrected chi connectivity index (χ1v) is 20.5. The van der Waals surface area contributed by atoms with Gasteiger partial charge in [0.05, 0.1) is 0 Å². The Labute approximate surface area is 364 Å². The molecule has 59 heavy (non-hydrogen) atoms. The van der Waals surface area contributed by atoms with Gasteiger partial charge in [-0.25, -0.2) is 9.97 Å². The zero-order chi connectivity index (χ0) is 42.7. The van der Waals surface area contributed by atoms with E-state index in [1.54, 1.807) is 18.3 Å². The van der Waals surface area contributed by atoms with Gasteiger partial charge in [0.2, 0.25) is 0 Å². The summed E-state index contributed by atoms with van der Waals surface area (Å²) in [5.74, 6) is 0.788. The number of ketones is 2. The van der Waals surface area contributed by atoms with Crippen LogP contribution in [0.2, 0.25) is 15.2 Å². The first-order chi connectivity index (χ1) is 28.4. The van der Waals surface area contributed by atoms with E-state index >= 15 is 0 Å². The smallest absolute Gasteiger partial charge is 0.168 e. The molecule has 0 fully saturated rings. The molecule has 0 saturated heterocycles. The van der Waals surface area contributed by atoms with Gasteiger partial charge >= 0.3 is 0 Å². The van der Waals surface area contributed by atoms with Gasteiger partial charge in [-0.05, 0) is 97.7 Å². The Hall–Kier alpha value is -4.93. The highest BCUT2D eigenvalue weighted by Crippen LogP contribution is 2.23. The third-order valence-corrected chi connectivity index (χ3v) is 10.3. The van der Waals surface area contributed by atoms with Crippen molar-refractivity contribution in [2.45, 2.75) is 51.9 Å². The van der Waals surface area contributed by atoms with E-state index in [1.807, 2.05) is 118 Å². The molecule has 0 aliphatic heterocycles. The molecular weight excluding hydrogens is 799 g/mol. The van der Waals surface area contributed by atoms with Gasteiger partial charge in [-0.1, -0.05) is 120 Å². The van der Waals surface area contributed by atoms with Crippen LogP contribution >= 0.6 is 34.8 Å². The normalized spacial score (nSPS) is 11.6. The SMILES string of the molecule is CC(NCc1ccc(Cl)c(CC(=O)c2ccc(Cl)nc2)c1)c1ccccc1.CC(NCc1ccc(Cl)c(CC(=O)c2ccc(N(C)C)nc2)c1)c1ccccc1.CNC. The fourth-order valence-electron chi connectivity index (χ4n) is 5.91. The highest BCUT2D eigenvalue weighted by Gasteiger charge is 2.14. The number of Topliss-reactive ketones (excluding diaryl/α,β-unsaturated/α-hetero) is 2. The van der Waals surface area contributed by atoms with Crippen LogP contribution in [0.25, 0.3) is 0 Å². The lowest BCUT2D eigenvalue weighted by molar-refractivity contribution is 0.0984. The molecule has 0 aliphatic carbocycles. The van der Waals surface area contributed by atoms with Crippen LogP contribution in [0.1, 0.15) is 80.0 Å². The van der Waals surface area contributed by atoms with Crippen LogP contribution in [0.15, 0.2) is 134 Å². The molecule has 0 aliphatic rings. The van der Waals surface area contributed by atoms with E-state index < -0.39 is 0 Å². The number of hydrogen-bond donors (Lipinski definition) is 3. The average molecular weight is 852 g/mol. The van der Waals surface area contributed by atoms with E-state index in [0.717, 1.165) is 28.1 Å². The molecule has 0 bridgehead atoms. The maximum absolute atomic E-state index is 12.7. The van der Waals surface area contributed by atoms with Crippen molar-refractivity contribution < 1.29 is 9.59 Å². The topological polar surface area (TPSA) is 99.2 Å². The number of halogens is 3. The lowest BCUT2D eigenvalue weighted by atomic mass is 10.0. The van der Waals surface area contributed by atoms with Crippen LogP contribution in [-0.2, 0) is 25.9 Å². The van der Waals surface area contributed by atoms with Gasteiger partial charge in [0.15, 0.2) is 11.6 Å². The molecule has 2 unspecified atom stereocenters. The summed E-state index contributed by atoms with van der Waals surface area (Å²) < 4.78 is 0. The third-order valence-electron chi connectivity index (χ3n) is 9.32. The maximum Gasteiger partial charge on any atom is 0.168 e. The fourth-order valence-corrected chi connectivity index (χ4v) is 6.39. The summed E-state index contributed by atoms with van der Waals surface area (Å²) in [5.41, 5.74) is 7.41. The Bertz CT molecular complexity index is 2200. The average Bonchev–Trinajstić information content (AvgIpc) is 3.25. The molecule has 308 valence electrons. The van der Waals surface area contributed by atoms with Gasteiger partial charge in [-0.2, -0.15) is 0 Å². The number of rotatable bonds is 15. The van der Waals surface area contributed by atoms with Gasteiger partial charge in [0.25, 0.3) is 0 Å². The molecule has 2 heterocycles. The molecule has 3 N–H and O–H groups in total. The van der Waals surface area contributed by atoms with E-state index in [1.165, 1.54) is 17.3 Å². The highest BCUT2D eigenvalue weighted by molar-refractivity contribution is 6.32. The molecule has 6 rings (SSSR count). The Morgan fingerprint density at radius 1 is 0.593 bits per heavy atom. The summed E-state index contributed by atoms with van der Waals surface area (Å²) in [7, 11) is 7.59. The van der Waals surface area contributed by atoms with Crippen LogP contribution in [-0.4, -0.2) is 49.7 Å². The van der Waals surface area contributed by atoms with Crippen molar-refractivity contribution in [3.8, 4) is 0 Å². The summed E-state index contributed by atoms with van der Waals surface area (Å²) in [6, 6.07) is 39.7. The van der Waals surface area contributed by atoms with Crippen molar-refractivity contribution >= 4 is 52.2 Å². The molecule has 0 saturated carbocycles. The summed E-state index contributed by atoms with van der Waals surface area (Å²) in [6.07, 6.45) is 3.60. The molecule has 2 aromatic heterocycles. The van der Waals surface area contributed by atoms with Crippen LogP contribution in [0, 0.1) is 0 Å². The first kappa shape index (κ1) is 46.8. The van der Waals surface area contributed by atoms with E-state index in [4.69, 9.17) is 34.8 Å². The van der Waals surface area contributed by atoms with Crippen molar-refractivity contribution in [1.29, 1.82) is 0 Å². The van der Waals surface area contributed by atoms with Crippen molar-refractivity contribution in [2.75, 3.05) is 33.1 Å². The lowest BCUT2D eigenvalue weighted by Crippen LogP contribution is -2.18. The predicted octanol–water partition coefficient (Wildman–Crippen LogP) is 10.6. The molecule has 11 heteroatoms. The fraction of sp³-hybridized carbons (Fsp3) is 0.250. The number of nitrogens with one attached hydrogen (secondary N) is 3. The summed E-state index contributed by atoms with van der Waals surface area (Å²) in [6.45, 7) is 5.66. The van der Waals surface area contributed by atoms with Gasteiger partial charge in [0.1, 0.15) is 11.0 Å². The standard InChI is InChI=1S/C24H26ClN3O.C22H20Cl2N2O.C2H7N/c1-17(19-7-5-4-6-8-19)26-15-18-9-11-22(25)21(13-18)14-23(29)20-10-12-24(27-16-20)28(2)3;1-15(17-5-3-2-4-6-17)25-13-16-7-9-20(23)19(11-16)12-21(27)18-8-10-22(24)26-14-18;1-3-2/h4-13,16-17,26H,14-15H2,1-3H3;2-11,14-15,25H,12-13H2,1H3;3H,1-2H3. The van der Waals surface area contributed by atoms with Crippen molar-refractivity contribution in [2.24, 2.45) is 0 Å².